The summed E-state index contributed by atoms with van der Waals surface area (Å²) in [6, 6.07) is 13.3. The van der Waals surface area contributed by atoms with Crippen molar-refractivity contribution >= 4 is 27.5 Å². The SMILES string of the molecule is COc1ccc(CC(C)C(=O)Nc2cccc(Br)c2)cc1OC. The average Bonchev–Trinajstić information content (AvgIpc) is 2.54. The zero-order valence-corrected chi connectivity index (χ0v) is 15.0. The van der Waals surface area contributed by atoms with Gasteiger partial charge in [-0.1, -0.05) is 35.0 Å². The van der Waals surface area contributed by atoms with E-state index >= 15 is 0 Å². The minimum atomic E-state index is -0.160. The van der Waals surface area contributed by atoms with E-state index in [1.165, 1.54) is 0 Å². The molecule has 5 heteroatoms. The Morgan fingerprint density at radius 3 is 2.52 bits per heavy atom. The van der Waals surface area contributed by atoms with E-state index in [4.69, 9.17) is 9.47 Å². The lowest BCUT2D eigenvalue weighted by Crippen LogP contribution is -2.22. The quantitative estimate of drug-likeness (QED) is 0.816. The molecule has 1 amide bonds. The summed E-state index contributed by atoms with van der Waals surface area (Å²) < 4.78 is 11.5. The highest BCUT2D eigenvalue weighted by atomic mass is 79.9. The van der Waals surface area contributed by atoms with Crippen LogP contribution in [-0.4, -0.2) is 20.1 Å². The number of anilines is 1. The van der Waals surface area contributed by atoms with Gasteiger partial charge in [-0.3, -0.25) is 4.79 Å². The molecule has 1 N–H and O–H groups in total. The highest BCUT2D eigenvalue weighted by Crippen LogP contribution is 2.28. The second-order valence-corrected chi connectivity index (χ2v) is 6.21. The van der Waals surface area contributed by atoms with Crippen LogP contribution in [0.25, 0.3) is 0 Å². The maximum absolute atomic E-state index is 12.3. The standard InChI is InChI=1S/C18H20BrNO3/c1-12(18(21)20-15-6-4-5-14(19)11-15)9-13-7-8-16(22-2)17(10-13)23-3/h4-8,10-12H,9H2,1-3H3,(H,20,21). The first-order valence-corrected chi connectivity index (χ1v) is 8.10. The molecule has 0 aliphatic rings. The fourth-order valence-corrected chi connectivity index (χ4v) is 2.68. The van der Waals surface area contributed by atoms with Crippen molar-refractivity contribution in [3.05, 3.63) is 52.5 Å². The lowest BCUT2D eigenvalue weighted by atomic mass is 10.00. The molecule has 0 spiro atoms. The Balaban J connectivity index is 2.03. The monoisotopic (exact) mass is 377 g/mol. The number of carbonyl (C=O) groups is 1. The number of ether oxygens (including phenoxy) is 2. The Hall–Kier alpha value is -2.01. The van der Waals surface area contributed by atoms with Gasteiger partial charge in [0.25, 0.3) is 0 Å². The summed E-state index contributed by atoms with van der Waals surface area (Å²) in [5.74, 6) is 1.18. The first kappa shape index (κ1) is 17.3. The molecule has 1 atom stereocenters. The molecule has 0 aromatic heterocycles. The molecule has 0 fully saturated rings. The van der Waals surface area contributed by atoms with Crippen molar-refractivity contribution in [3.8, 4) is 11.5 Å². The summed E-state index contributed by atoms with van der Waals surface area (Å²) in [5, 5.41) is 2.93. The summed E-state index contributed by atoms with van der Waals surface area (Å²) >= 11 is 3.40. The van der Waals surface area contributed by atoms with Crippen LogP contribution >= 0.6 is 15.9 Å². The van der Waals surface area contributed by atoms with Gasteiger partial charge in [0.05, 0.1) is 14.2 Å². The number of carbonyl (C=O) groups excluding carboxylic acids is 1. The number of nitrogens with one attached hydrogen (secondary N) is 1. The Morgan fingerprint density at radius 2 is 1.87 bits per heavy atom. The predicted octanol–water partition coefficient (Wildman–Crippen LogP) is 4.28. The normalized spacial score (nSPS) is 11.7. The topological polar surface area (TPSA) is 47.6 Å². The van der Waals surface area contributed by atoms with Crippen molar-refractivity contribution in [1.29, 1.82) is 0 Å². The van der Waals surface area contributed by atoms with Crippen LogP contribution in [0.5, 0.6) is 11.5 Å². The third-order valence-electron chi connectivity index (χ3n) is 3.53. The number of hydrogen-bond donors (Lipinski definition) is 1. The molecule has 0 saturated heterocycles. The van der Waals surface area contributed by atoms with E-state index < -0.39 is 0 Å². The van der Waals surface area contributed by atoms with Crippen LogP contribution < -0.4 is 14.8 Å². The van der Waals surface area contributed by atoms with Gasteiger partial charge >= 0.3 is 0 Å². The van der Waals surface area contributed by atoms with Gasteiger partial charge in [-0.15, -0.1) is 0 Å². The maximum Gasteiger partial charge on any atom is 0.227 e. The fourth-order valence-electron chi connectivity index (χ4n) is 2.29. The van der Waals surface area contributed by atoms with Crippen molar-refractivity contribution in [2.45, 2.75) is 13.3 Å². The van der Waals surface area contributed by atoms with Gasteiger partial charge in [-0.05, 0) is 42.3 Å². The summed E-state index contributed by atoms with van der Waals surface area (Å²) in [4.78, 5) is 12.3. The van der Waals surface area contributed by atoms with E-state index in [-0.39, 0.29) is 11.8 Å². The number of rotatable bonds is 6. The second-order valence-electron chi connectivity index (χ2n) is 5.29. The average molecular weight is 378 g/mol. The zero-order chi connectivity index (χ0) is 16.8. The van der Waals surface area contributed by atoms with Gasteiger partial charge < -0.3 is 14.8 Å². The van der Waals surface area contributed by atoms with Crippen LogP contribution in [0, 0.1) is 5.92 Å². The predicted molar refractivity (Wildman–Crippen MR) is 95.2 cm³/mol. The van der Waals surface area contributed by atoms with Crippen LogP contribution in [0.1, 0.15) is 12.5 Å². The lowest BCUT2D eigenvalue weighted by Gasteiger charge is -2.14. The lowest BCUT2D eigenvalue weighted by molar-refractivity contribution is -0.119. The van der Waals surface area contributed by atoms with Crippen LogP contribution in [0.4, 0.5) is 5.69 Å². The number of methoxy groups -OCH3 is 2. The maximum atomic E-state index is 12.3. The molecule has 0 aliphatic carbocycles. The molecule has 0 aliphatic heterocycles. The van der Waals surface area contributed by atoms with E-state index in [1.54, 1.807) is 14.2 Å². The van der Waals surface area contributed by atoms with Crippen molar-refractivity contribution in [2.75, 3.05) is 19.5 Å². The first-order valence-electron chi connectivity index (χ1n) is 7.31. The Kier molecular flexibility index (Phi) is 6.04. The highest BCUT2D eigenvalue weighted by molar-refractivity contribution is 9.10. The third kappa shape index (κ3) is 4.73. The van der Waals surface area contributed by atoms with Crippen molar-refractivity contribution < 1.29 is 14.3 Å². The van der Waals surface area contributed by atoms with E-state index in [1.807, 2.05) is 49.4 Å². The smallest absolute Gasteiger partial charge is 0.227 e. The van der Waals surface area contributed by atoms with Gasteiger partial charge in [0.1, 0.15) is 0 Å². The summed E-state index contributed by atoms with van der Waals surface area (Å²) in [7, 11) is 3.20. The number of benzene rings is 2. The van der Waals surface area contributed by atoms with E-state index in [9.17, 15) is 4.79 Å². The van der Waals surface area contributed by atoms with Gasteiger partial charge in [0.15, 0.2) is 11.5 Å². The molecule has 0 radical (unpaired) electrons. The van der Waals surface area contributed by atoms with E-state index in [0.29, 0.717) is 17.9 Å². The number of halogens is 1. The molecule has 23 heavy (non-hydrogen) atoms. The summed E-state index contributed by atoms with van der Waals surface area (Å²) in [6.45, 7) is 1.91. The zero-order valence-electron chi connectivity index (χ0n) is 13.4. The molecule has 1 unspecified atom stereocenters. The first-order chi connectivity index (χ1) is 11.0. The second kappa shape index (κ2) is 8.02. The summed E-state index contributed by atoms with van der Waals surface area (Å²) in [6.07, 6.45) is 0.625. The van der Waals surface area contributed by atoms with Crippen molar-refractivity contribution in [2.24, 2.45) is 5.92 Å². The molecule has 0 bridgehead atoms. The fraction of sp³-hybridized carbons (Fsp3) is 0.278. The molecule has 2 aromatic carbocycles. The minimum absolute atomic E-state index is 0.0158. The van der Waals surface area contributed by atoms with Crippen LogP contribution in [-0.2, 0) is 11.2 Å². The van der Waals surface area contributed by atoms with Crippen molar-refractivity contribution in [1.82, 2.24) is 0 Å². The molecule has 2 rings (SSSR count). The van der Waals surface area contributed by atoms with Gasteiger partial charge in [-0.2, -0.15) is 0 Å². The molecule has 122 valence electrons. The van der Waals surface area contributed by atoms with Crippen molar-refractivity contribution in [3.63, 3.8) is 0 Å². The number of hydrogen-bond acceptors (Lipinski definition) is 3. The molecular weight excluding hydrogens is 358 g/mol. The third-order valence-corrected chi connectivity index (χ3v) is 4.02. The largest absolute Gasteiger partial charge is 0.493 e. The van der Waals surface area contributed by atoms with E-state index in [0.717, 1.165) is 15.7 Å². The van der Waals surface area contributed by atoms with Gasteiger partial charge in [0, 0.05) is 16.1 Å². The van der Waals surface area contributed by atoms with Gasteiger partial charge in [0.2, 0.25) is 5.91 Å². The Morgan fingerprint density at radius 1 is 1.13 bits per heavy atom. The molecule has 4 nitrogen and oxygen atoms in total. The molecular formula is C18H20BrNO3. The molecule has 0 heterocycles. The van der Waals surface area contributed by atoms with Gasteiger partial charge in [-0.25, -0.2) is 0 Å². The van der Waals surface area contributed by atoms with Crippen LogP contribution in [0.3, 0.4) is 0 Å². The molecule has 2 aromatic rings. The summed E-state index contributed by atoms with van der Waals surface area (Å²) in [5.41, 5.74) is 1.81. The highest BCUT2D eigenvalue weighted by Gasteiger charge is 2.15. The Labute approximate surface area is 144 Å². The molecule has 0 saturated carbocycles. The minimum Gasteiger partial charge on any atom is -0.493 e. The Bertz CT molecular complexity index is 688. The van der Waals surface area contributed by atoms with Crippen LogP contribution in [0.15, 0.2) is 46.9 Å². The van der Waals surface area contributed by atoms with Crippen LogP contribution in [0.2, 0.25) is 0 Å². The number of amides is 1. The van der Waals surface area contributed by atoms with E-state index in [2.05, 4.69) is 21.2 Å².